The van der Waals surface area contributed by atoms with E-state index in [1.807, 2.05) is 0 Å². The normalized spacial score (nSPS) is 11.9. The predicted molar refractivity (Wildman–Crippen MR) is 180 cm³/mol. The molecular formula is C36H47F2N5O3. The number of alkyl halides is 2. The molecule has 0 spiro atoms. The van der Waals surface area contributed by atoms with Gasteiger partial charge in [0.15, 0.2) is 0 Å². The van der Waals surface area contributed by atoms with Gasteiger partial charge < -0.3 is 19.6 Å². The number of aromatic nitrogens is 4. The fraction of sp³-hybridized carbons (Fsp3) is 0.500. The van der Waals surface area contributed by atoms with Crippen LogP contribution in [0.1, 0.15) is 104 Å². The first-order chi connectivity index (χ1) is 22.0. The highest BCUT2D eigenvalue weighted by molar-refractivity contribution is 6.01. The van der Waals surface area contributed by atoms with Crippen molar-refractivity contribution in [3.8, 4) is 22.5 Å². The van der Waals surface area contributed by atoms with Crippen molar-refractivity contribution in [2.24, 2.45) is 5.41 Å². The maximum absolute atomic E-state index is 13.7. The second-order valence-corrected chi connectivity index (χ2v) is 13.1. The summed E-state index contributed by atoms with van der Waals surface area (Å²) in [4.78, 5) is 36.7. The van der Waals surface area contributed by atoms with Gasteiger partial charge >= 0.3 is 0 Å². The average molecular weight is 636 g/mol. The highest BCUT2D eigenvalue weighted by atomic mass is 19.3. The molecule has 0 fully saturated rings. The van der Waals surface area contributed by atoms with Crippen LogP contribution in [0, 0.1) is 5.41 Å². The van der Waals surface area contributed by atoms with Crippen molar-refractivity contribution < 1.29 is 18.3 Å². The number of carbonyl (C=O) groups excluding carboxylic acids is 1. The highest BCUT2D eigenvalue weighted by Crippen LogP contribution is 2.39. The Bertz CT molecular complexity index is 1640. The Morgan fingerprint density at radius 3 is 2.37 bits per heavy atom. The summed E-state index contributed by atoms with van der Waals surface area (Å²) < 4.78 is 35.3. The van der Waals surface area contributed by atoms with Crippen LogP contribution in [0.3, 0.4) is 0 Å². The fourth-order valence-corrected chi connectivity index (χ4v) is 5.77. The zero-order chi connectivity index (χ0) is 33.1. The second-order valence-electron chi connectivity index (χ2n) is 13.1. The van der Waals surface area contributed by atoms with Gasteiger partial charge in [-0.1, -0.05) is 78.2 Å². The molecule has 0 atom stereocenters. The lowest BCUT2D eigenvalue weighted by Gasteiger charge is -2.17. The van der Waals surface area contributed by atoms with Gasteiger partial charge in [-0.25, -0.2) is 18.7 Å². The zero-order valence-electron chi connectivity index (χ0n) is 27.5. The minimum absolute atomic E-state index is 0.0693. The van der Waals surface area contributed by atoms with E-state index in [0.29, 0.717) is 45.7 Å². The maximum Gasteiger partial charge on any atom is 0.280 e. The molecular weight excluding hydrogens is 588 g/mol. The van der Waals surface area contributed by atoms with E-state index < -0.39 is 6.43 Å². The van der Waals surface area contributed by atoms with Gasteiger partial charge in [-0.15, -0.1) is 0 Å². The van der Waals surface area contributed by atoms with E-state index in [1.165, 1.54) is 76.3 Å². The van der Waals surface area contributed by atoms with Crippen LogP contribution >= 0.6 is 0 Å². The Morgan fingerprint density at radius 2 is 1.70 bits per heavy atom. The Labute approximate surface area is 270 Å². The number of ether oxygens (including phenoxy) is 1. The molecule has 4 aromatic rings. The summed E-state index contributed by atoms with van der Waals surface area (Å²) in [5.74, 6) is 0.0329. The number of rotatable bonds is 17. The van der Waals surface area contributed by atoms with Crippen LogP contribution in [0.25, 0.3) is 33.5 Å². The number of aromatic amines is 1. The minimum atomic E-state index is -2.76. The first-order valence-electron chi connectivity index (χ1n) is 16.4. The van der Waals surface area contributed by atoms with Crippen LogP contribution in [0.15, 0.2) is 53.6 Å². The smallest absolute Gasteiger partial charge is 0.280 e. The zero-order valence-corrected chi connectivity index (χ0v) is 27.5. The van der Waals surface area contributed by atoms with E-state index in [2.05, 4.69) is 41.0 Å². The molecule has 0 aliphatic carbocycles. The number of unbranched alkanes of at least 4 members (excludes halogenated alkanes) is 8. The molecule has 46 heavy (non-hydrogen) atoms. The molecule has 10 heteroatoms. The quantitative estimate of drug-likeness (QED) is 0.113. The number of pyridine rings is 3. The molecule has 0 saturated carbocycles. The lowest BCUT2D eigenvalue weighted by atomic mass is 9.89. The Hall–Kier alpha value is -3.92. The highest BCUT2D eigenvalue weighted by Gasteiger charge is 2.24. The molecule has 0 unspecified atom stereocenters. The first kappa shape index (κ1) is 34.9. The van der Waals surface area contributed by atoms with Crippen LogP contribution in [0.4, 0.5) is 14.6 Å². The number of amides is 1. The van der Waals surface area contributed by atoms with Gasteiger partial charge in [0.1, 0.15) is 23.8 Å². The van der Waals surface area contributed by atoms with Gasteiger partial charge in [-0.2, -0.15) is 0 Å². The van der Waals surface area contributed by atoms with Crippen molar-refractivity contribution in [2.75, 3.05) is 11.9 Å². The molecule has 0 aliphatic heterocycles. The molecule has 0 radical (unpaired) electrons. The Kier molecular flexibility index (Phi) is 12.6. The van der Waals surface area contributed by atoms with E-state index in [-0.39, 0.29) is 29.5 Å². The summed E-state index contributed by atoms with van der Waals surface area (Å²) in [6, 6.07) is 9.29. The minimum Gasteiger partial charge on any atom is -0.361 e. The number of halogens is 2. The third-order valence-electron chi connectivity index (χ3n) is 7.98. The van der Waals surface area contributed by atoms with Crippen molar-refractivity contribution in [1.29, 1.82) is 0 Å². The number of carbonyl (C=O) groups is 1. The molecule has 4 heterocycles. The number of anilines is 1. The van der Waals surface area contributed by atoms with Crippen molar-refractivity contribution in [2.45, 2.75) is 105 Å². The predicted octanol–water partition coefficient (Wildman–Crippen LogP) is 9.27. The Balaban J connectivity index is 1.49. The van der Waals surface area contributed by atoms with Gasteiger partial charge in [0.05, 0.1) is 22.5 Å². The lowest BCUT2D eigenvalue weighted by molar-refractivity contribution is -0.114. The number of fused-ring (bicyclic) bond motifs is 1. The molecule has 4 rings (SSSR count). The molecule has 248 valence electrons. The molecule has 0 saturated heterocycles. The summed E-state index contributed by atoms with van der Waals surface area (Å²) >= 11 is 0. The number of nitrogens with one attached hydrogen (secondary N) is 2. The average Bonchev–Trinajstić information content (AvgIpc) is 3.34. The van der Waals surface area contributed by atoms with Crippen molar-refractivity contribution in [3.63, 3.8) is 0 Å². The van der Waals surface area contributed by atoms with E-state index in [4.69, 9.17) is 4.74 Å². The van der Waals surface area contributed by atoms with Gasteiger partial charge in [-0.05, 0) is 42.5 Å². The number of H-pyrrole nitrogens is 1. The Morgan fingerprint density at radius 1 is 1.00 bits per heavy atom. The topological polar surface area (TPSA) is 102 Å². The van der Waals surface area contributed by atoms with E-state index in [0.717, 1.165) is 19.3 Å². The third kappa shape index (κ3) is 9.79. The van der Waals surface area contributed by atoms with Crippen LogP contribution in [-0.2, 0) is 16.3 Å². The number of hydrogen-bond donors (Lipinski definition) is 2. The van der Waals surface area contributed by atoms with Crippen LogP contribution in [-0.4, -0.2) is 32.0 Å². The molecule has 1 amide bonds. The van der Waals surface area contributed by atoms with Gasteiger partial charge in [-0.3, -0.25) is 9.59 Å². The van der Waals surface area contributed by atoms with Crippen molar-refractivity contribution >= 4 is 22.8 Å². The van der Waals surface area contributed by atoms with Crippen LogP contribution in [0.2, 0.25) is 0 Å². The molecule has 4 aromatic heterocycles. The maximum atomic E-state index is 13.7. The van der Waals surface area contributed by atoms with Gasteiger partial charge in [0.25, 0.3) is 6.43 Å². The SMILES string of the molecule is CC(=O)Nc1cc(-c2c(-c3cccc(C(F)F)n3)c3[nH]ccc(=O)c3n2COCCCCCCCCCCCC(C)(C)C)ccn1. The molecule has 2 N–H and O–H groups in total. The third-order valence-corrected chi connectivity index (χ3v) is 7.98. The summed E-state index contributed by atoms with van der Waals surface area (Å²) in [5, 5.41) is 2.69. The summed E-state index contributed by atoms with van der Waals surface area (Å²) in [5.41, 5.74) is 2.54. The summed E-state index contributed by atoms with van der Waals surface area (Å²) in [6.07, 6.45) is 12.4. The number of hydrogen-bond acceptors (Lipinski definition) is 5. The second kappa shape index (κ2) is 16.6. The monoisotopic (exact) mass is 635 g/mol. The van der Waals surface area contributed by atoms with Crippen LogP contribution in [0.5, 0.6) is 0 Å². The van der Waals surface area contributed by atoms with E-state index in [9.17, 15) is 18.4 Å². The molecule has 0 aliphatic rings. The fourth-order valence-electron chi connectivity index (χ4n) is 5.77. The van der Waals surface area contributed by atoms with Crippen LogP contribution < -0.4 is 10.7 Å². The van der Waals surface area contributed by atoms with Gasteiger partial charge in [0, 0.05) is 37.6 Å². The summed E-state index contributed by atoms with van der Waals surface area (Å²) in [6.45, 7) is 8.87. The standard InChI is InChI=1S/C36H47F2N5O3/c1-25(44)41-30-23-26(17-20-39-30)33-31(27-15-14-16-28(42-27)35(37)38)32-34(29(45)18-21-40-32)43(33)24-46-22-13-11-9-7-5-6-8-10-12-19-36(2,3)4/h14-18,20-21,23,35H,5-13,19,22,24H2,1-4H3,(H,40,45)(H,39,41,44). The largest absolute Gasteiger partial charge is 0.361 e. The first-order valence-corrected chi connectivity index (χ1v) is 16.4. The lowest BCUT2D eigenvalue weighted by Crippen LogP contribution is -2.12. The summed E-state index contributed by atoms with van der Waals surface area (Å²) in [7, 11) is 0. The van der Waals surface area contributed by atoms with Crippen molar-refractivity contribution in [1.82, 2.24) is 19.5 Å². The van der Waals surface area contributed by atoms with Gasteiger partial charge in [0.2, 0.25) is 11.3 Å². The number of nitrogens with zero attached hydrogens (tertiary/aromatic N) is 3. The van der Waals surface area contributed by atoms with Crippen molar-refractivity contribution in [3.05, 3.63) is 64.7 Å². The molecule has 0 bridgehead atoms. The van der Waals surface area contributed by atoms with E-state index >= 15 is 0 Å². The van der Waals surface area contributed by atoms with E-state index in [1.54, 1.807) is 29.0 Å². The molecule has 0 aromatic carbocycles. The molecule has 8 nitrogen and oxygen atoms in total.